The number of rotatable bonds is 6. The van der Waals surface area contributed by atoms with Crippen LogP contribution in [0.3, 0.4) is 0 Å². The molecule has 0 aromatic heterocycles. The van der Waals surface area contributed by atoms with Gasteiger partial charge in [-0.1, -0.05) is 20.8 Å². The first kappa shape index (κ1) is 35.6. The first-order chi connectivity index (χ1) is 14.8. The van der Waals surface area contributed by atoms with Crippen LogP contribution in [0.4, 0.5) is 0 Å². The molecule has 0 radical (unpaired) electrons. The van der Waals surface area contributed by atoms with Crippen molar-refractivity contribution in [2.24, 2.45) is 46.3 Å². The van der Waals surface area contributed by atoms with Crippen molar-refractivity contribution in [1.29, 1.82) is 0 Å². The van der Waals surface area contributed by atoms with Crippen LogP contribution >= 0.6 is 7.82 Å². The molecule has 11 heteroatoms. The smallest absolute Gasteiger partial charge is 0.790 e. The summed E-state index contributed by atoms with van der Waals surface area (Å²) >= 11 is 0. The molecular formula is C24H38Na3O7P. The van der Waals surface area contributed by atoms with E-state index in [9.17, 15) is 29.4 Å². The fraction of sp³-hybridized carbons (Fsp3) is 0.958. The molecule has 184 valence electrons. The molecule has 0 saturated heterocycles. The number of aliphatic hydroxyl groups excluding tert-OH is 1. The Hall–Kier alpha value is 2.54. The van der Waals surface area contributed by atoms with Gasteiger partial charge >= 0.3 is 88.7 Å². The standard InChI is InChI=1S/C24H41O7P.3Na/c1-14(4-7-21(26)27)17-5-6-18-22-19(9-11-24(17,18)3)23(2)10-8-16(31-32(28,29)30)12-15(23)13-20(22)25;;;/h14-20,22,25H,4-13H2,1-3H3,(H,26,27)(H2,28,29,30);;;/q;3*+1/p-3/t14-,15+,16-,17-,18+,19+,20+,22+,23+,24-;;;/m1.../s1. The summed E-state index contributed by atoms with van der Waals surface area (Å²) in [6, 6.07) is 0. The van der Waals surface area contributed by atoms with E-state index in [2.05, 4.69) is 20.8 Å². The Balaban J connectivity index is 0.00000204. The third-order valence-corrected chi connectivity index (χ3v) is 11.0. The van der Waals surface area contributed by atoms with Gasteiger partial charge in [-0.25, -0.2) is 0 Å². The van der Waals surface area contributed by atoms with Crippen molar-refractivity contribution in [3.8, 4) is 0 Å². The Morgan fingerprint density at radius 3 is 2.23 bits per heavy atom. The molecule has 0 amide bonds. The summed E-state index contributed by atoms with van der Waals surface area (Å²) in [5, 5.41) is 22.3. The molecule has 4 saturated carbocycles. The summed E-state index contributed by atoms with van der Waals surface area (Å²) in [7, 11) is -5.00. The summed E-state index contributed by atoms with van der Waals surface area (Å²) < 4.78 is 16.0. The number of phosphoric acid groups is 1. The van der Waals surface area contributed by atoms with E-state index in [1.54, 1.807) is 0 Å². The number of hydrogen-bond donors (Lipinski definition) is 1. The predicted molar refractivity (Wildman–Crippen MR) is 112 cm³/mol. The van der Waals surface area contributed by atoms with Crippen molar-refractivity contribution in [3.05, 3.63) is 0 Å². The third-order valence-electron chi connectivity index (χ3n) is 10.5. The summed E-state index contributed by atoms with van der Waals surface area (Å²) in [5.41, 5.74) is 0.147. The van der Waals surface area contributed by atoms with Gasteiger partial charge in [0.25, 0.3) is 0 Å². The zero-order valence-corrected chi connectivity index (χ0v) is 29.4. The van der Waals surface area contributed by atoms with Gasteiger partial charge in [-0.3, -0.25) is 0 Å². The van der Waals surface area contributed by atoms with Crippen molar-refractivity contribution in [3.63, 3.8) is 0 Å². The Bertz CT molecular complexity index is 782. The Kier molecular flexibility index (Phi) is 13.7. The van der Waals surface area contributed by atoms with E-state index in [4.69, 9.17) is 4.52 Å². The van der Waals surface area contributed by atoms with Crippen molar-refractivity contribution in [2.75, 3.05) is 0 Å². The van der Waals surface area contributed by atoms with Crippen LogP contribution in [0.15, 0.2) is 0 Å². The summed E-state index contributed by atoms with van der Waals surface area (Å²) in [6.07, 6.45) is 6.62. The molecule has 35 heavy (non-hydrogen) atoms. The molecule has 4 fully saturated rings. The number of phosphoric ester groups is 1. The van der Waals surface area contributed by atoms with E-state index in [0.29, 0.717) is 49.4 Å². The van der Waals surface area contributed by atoms with Crippen molar-refractivity contribution >= 4 is 13.8 Å². The van der Waals surface area contributed by atoms with Gasteiger partial charge in [0.1, 0.15) is 0 Å². The van der Waals surface area contributed by atoms with E-state index in [1.807, 2.05) is 0 Å². The molecule has 0 aliphatic heterocycles. The van der Waals surface area contributed by atoms with Gasteiger partial charge in [0.2, 0.25) is 0 Å². The molecule has 4 aliphatic rings. The average molecular weight is 539 g/mol. The summed E-state index contributed by atoms with van der Waals surface area (Å²) in [5.74, 6) is 1.03. The van der Waals surface area contributed by atoms with Crippen LogP contribution < -0.4 is 104 Å². The van der Waals surface area contributed by atoms with Gasteiger partial charge in [-0.2, -0.15) is 0 Å². The monoisotopic (exact) mass is 538 g/mol. The van der Waals surface area contributed by atoms with E-state index in [-0.39, 0.29) is 118 Å². The Morgan fingerprint density at radius 2 is 1.63 bits per heavy atom. The quantitative estimate of drug-likeness (QED) is 0.263. The van der Waals surface area contributed by atoms with Crippen LogP contribution in [-0.4, -0.2) is 23.3 Å². The number of aliphatic hydroxyl groups is 1. The zero-order valence-electron chi connectivity index (χ0n) is 22.5. The maximum Gasteiger partial charge on any atom is 1.00 e. The van der Waals surface area contributed by atoms with E-state index < -0.39 is 26.0 Å². The van der Waals surface area contributed by atoms with Gasteiger partial charge in [-0.05, 0) is 111 Å². The molecule has 7 nitrogen and oxygen atoms in total. The molecule has 0 bridgehead atoms. The fourth-order valence-corrected chi connectivity index (χ4v) is 9.54. The molecule has 0 spiro atoms. The number of carboxylic acid groups (broad SMARTS) is 1. The second-order valence-corrected chi connectivity index (χ2v) is 13.0. The maximum atomic E-state index is 11.3. The van der Waals surface area contributed by atoms with Gasteiger partial charge in [0.05, 0.1) is 20.0 Å². The van der Waals surface area contributed by atoms with Crippen LogP contribution in [0.1, 0.15) is 85.0 Å². The fourth-order valence-electron chi connectivity index (χ4n) is 8.98. The topological polar surface area (TPSA) is 133 Å². The van der Waals surface area contributed by atoms with E-state index >= 15 is 0 Å². The molecule has 0 heterocycles. The Morgan fingerprint density at radius 1 is 1.03 bits per heavy atom. The molecule has 0 aromatic rings. The number of carbonyl (C=O) groups excluding carboxylic acids is 1. The second kappa shape index (κ2) is 13.5. The van der Waals surface area contributed by atoms with Crippen LogP contribution in [0, 0.1) is 46.3 Å². The zero-order chi connectivity index (χ0) is 23.5. The van der Waals surface area contributed by atoms with Gasteiger partial charge in [0.15, 0.2) is 0 Å². The van der Waals surface area contributed by atoms with Crippen LogP contribution in [0.25, 0.3) is 0 Å². The number of carboxylic acids is 1. The molecular weight excluding hydrogens is 500 g/mol. The SMILES string of the molecule is C[C@H](CCC(=O)[O-])[C@H]1CC[C@H]2[C@@H]3[C@@H](O)C[C@@H]4C[C@H](OP(=O)([O-])[O-])CC[C@]4(C)[C@H]3CC[C@]12C.[Na+].[Na+].[Na+]. The second-order valence-electron chi connectivity index (χ2n) is 11.9. The first-order valence-electron chi connectivity index (χ1n) is 12.4. The minimum Gasteiger partial charge on any atom is -0.790 e. The number of fused-ring (bicyclic) bond motifs is 5. The third kappa shape index (κ3) is 7.25. The molecule has 4 rings (SSSR count). The summed E-state index contributed by atoms with van der Waals surface area (Å²) in [4.78, 5) is 33.2. The molecule has 10 atom stereocenters. The first-order valence-corrected chi connectivity index (χ1v) is 13.9. The number of carbonyl (C=O) groups is 1. The molecule has 0 aromatic carbocycles. The normalized spacial score (nSPS) is 43.2. The van der Waals surface area contributed by atoms with Crippen LogP contribution in [-0.2, 0) is 13.9 Å². The van der Waals surface area contributed by atoms with Crippen molar-refractivity contribution in [2.45, 2.75) is 97.2 Å². The average Bonchev–Trinajstić information content (AvgIpc) is 3.03. The van der Waals surface area contributed by atoms with Gasteiger partial charge < -0.3 is 33.9 Å². The maximum absolute atomic E-state index is 11.3. The van der Waals surface area contributed by atoms with Gasteiger partial charge in [-0.15, -0.1) is 0 Å². The number of hydrogen-bond acceptors (Lipinski definition) is 7. The summed E-state index contributed by atoms with van der Waals surface area (Å²) in [6.45, 7) is 6.85. The van der Waals surface area contributed by atoms with E-state index in [0.717, 1.165) is 32.1 Å². The number of aliphatic carboxylic acids is 1. The predicted octanol–water partition coefficient (Wildman–Crippen LogP) is -6.99. The van der Waals surface area contributed by atoms with Gasteiger partial charge in [0, 0.05) is 5.97 Å². The molecule has 0 unspecified atom stereocenters. The minimum atomic E-state index is -5.00. The largest absolute Gasteiger partial charge is 1.00 e. The van der Waals surface area contributed by atoms with Crippen molar-refractivity contribution < 1.29 is 123 Å². The van der Waals surface area contributed by atoms with E-state index in [1.165, 1.54) is 0 Å². The van der Waals surface area contributed by atoms with Crippen LogP contribution in [0.2, 0.25) is 0 Å². The van der Waals surface area contributed by atoms with Crippen molar-refractivity contribution in [1.82, 2.24) is 0 Å². The van der Waals surface area contributed by atoms with Crippen LogP contribution in [0.5, 0.6) is 0 Å². The molecule has 4 aliphatic carbocycles. The minimum absolute atomic E-state index is 0. The Labute approximate surface area is 276 Å². The molecule has 1 N–H and O–H groups in total.